The van der Waals surface area contributed by atoms with E-state index in [2.05, 4.69) is 4.98 Å². The second-order valence-corrected chi connectivity index (χ2v) is 4.90. The lowest BCUT2D eigenvalue weighted by Gasteiger charge is -2.27. The Bertz CT molecular complexity index is 428. The molecule has 0 aromatic carbocycles. The van der Waals surface area contributed by atoms with Gasteiger partial charge in [0.2, 0.25) is 0 Å². The number of hydrogen-bond acceptors (Lipinski definition) is 4. The summed E-state index contributed by atoms with van der Waals surface area (Å²) >= 11 is 1.66. The van der Waals surface area contributed by atoms with Crippen molar-refractivity contribution in [1.82, 2.24) is 9.88 Å². The first-order valence-electron chi connectivity index (χ1n) is 5.69. The Morgan fingerprint density at radius 1 is 1.67 bits per heavy atom. The van der Waals surface area contributed by atoms with Crippen molar-refractivity contribution >= 4 is 23.5 Å². The van der Waals surface area contributed by atoms with Crippen molar-refractivity contribution in [3.05, 3.63) is 23.6 Å². The van der Waals surface area contributed by atoms with Crippen LogP contribution >= 0.6 is 11.8 Å². The lowest BCUT2D eigenvalue weighted by molar-refractivity contribution is 0.0739. The van der Waals surface area contributed by atoms with E-state index in [1.165, 1.54) is 12.3 Å². The lowest BCUT2D eigenvalue weighted by Crippen LogP contribution is -2.38. The van der Waals surface area contributed by atoms with Crippen molar-refractivity contribution in [1.29, 1.82) is 0 Å². The standard InChI is InChI=1S/C12H18FN3OS/c1-4-8(7-18-3)16(2)12(17)9-5-6-15-11(14)10(9)13/h5-6,8H,4,7H2,1-3H3,(H2,14,15). The van der Waals surface area contributed by atoms with Crippen LogP contribution in [0.25, 0.3) is 0 Å². The summed E-state index contributed by atoms with van der Waals surface area (Å²) in [5.74, 6) is -0.524. The summed E-state index contributed by atoms with van der Waals surface area (Å²) in [4.78, 5) is 17.4. The fourth-order valence-electron chi connectivity index (χ4n) is 1.68. The zero-order chi connectivity index (χ0) is 13.7. The van der Waals surface area contributed by atoms with Crippen LogP contribution in [0.4, 0.5) is 10.2 Å². The minimum absolute atomic E-state index is 0.0236. The molecule has 0 fully saturated rings. The molecule has 0 saturated carbocycles. The second-order valence-electron chi connectivity index (χ2n) is 3.99. The predicted octanol–water partition coefficient (Wildman–Crippen LogP) is 2.02. The van der Waals surface area contributed by atoms with Gasteiger partial charge in [0.25, 0.3) is 5.91 Å². The number of carbonyl (C=O) groups excluding carboxylic acids is 1. The van der Waals surface area contributed by atoms with E-state index in [1.54, 1.807) is 23.7 Å². The number of pyridine rings is 1. The van der Waals surface area contributed by atoms with Gasteiger partial charge < -0.3 is 10.6 Å². The molecule has 100 valence electrons. The van der Waals surface area contributed by atoms with Gasteiger partial charge in [0.1, 0.15) is 0 Å². The van der Waals surface area contributed by atoms with Gasteiger partial charge in [-0.3, -0.25) is 4.79 Å². The zero-order valence-corrected chi connectivity index (χ0v) is 11.6. The summed E-state index contributed by atoms with van der Waals surface area (Å²) in [6.07, 6.45) is 4.15. The molecule has 1 heterocycles. The number of rotatable bonds is 5. The molecule has 1 atom stereocenters. The van der Waals surface area contributed by atoms with E-state index < -0.39 is 5.82 Å². The van der Waals surface area contributed by atoms with Gasteiger partial charge in [-0.05, 0) is 18.7 Å². The monoisotopic (exact) mass is 271 g/mol. The Hall–Kier alpha value is -1.30. The summed E-state index contributed by atoms with van der Waals surface area (Å²) in [6, 6.07) is 1.44. The Morgan fingerprint density at radius 3 is 2.89 bits per heavy atom. The zero-order valence-electron chi connectivity index (χ0n) is 10.8. The molecule has 6 heteroatoms. The van der Waals surface area contributed by atoms with E-state index in [0.717, 1.165) is 12.2 Å². The molecule has 4 nitrogen and oxygen atoms in total. The highest BCUT2D eigenvalue weighted by atomic mass is 32.2. The summed E-state index contributed by atoms with van der Waals surface area (Å²) < 4.78 is 13.7. The van der Waals surface area contributed by atoms with Gasteiger partial charge in [-0.2, -0.15) is 11.8 Å². The highest BCUT2D eigenvalue weighted by Gasteiger charge is 2.23. The fourth-order valence-corrected chi connectivity index (χ4v) is 2.52. The molecular weight excluding hydrogens is 253 g/mol. The summed E-state index contributed by atoms with van der Waals surface area (Å²) in [6.45, 7) is 2.00. The first-order valence-corrected chi connectivity index (χ1v) is 7.08. The van der Waals surface area contributed by atoms with Gasteiger partial charge in [-0.15, -0.1) is 0 Å². The Balaban J connectivity index is 2.95. The van der Waals surface area contributed by atoms with Crippen LogP contribution in [0.15, 0.2) is 12.3 Å². The van der Waals surface area contributed by atoms with Crippen LogP contribution in [0.3, 0.4) is 0 Å². The molecule has 0 bridgehead atoms. The highest BCUT2D eigenvalue weighted by molar-refractivity contribution is 7.98. The van der Waals surface area contributed by atoms with Crippen molar-refractivity contribution in [3.63, 3.8) is 0 Å². The second kappa shape index (κ2) is 6.58. The molecular formula is C12H18FN3OS. The number of halogens is 1. The molecule has 2 N–H and O–H groups in total. The third kappa shape index (κ3) is 3.13. The molecule has 0 spiro atoms. The number of nitrogens with zero attached hydrogens (tertiary/aromatic N) is 2. The summed E-state index contributed by atoms with van der Waals surface area (Å²) in [5.41, 5.74) is 5.34. The van der Waals surface area contributed by atoms with Crippen molar-refractivity contribution in [2.24, 2.45) is 0 Å². The first kappa shape index (κ1) is 14.8. The summed E-state index contributed by atoms with van der Waals surface area (Å²) in [5, 5.41) is 0. The van der Waals surface area contributed by atoms with Gasteiger partial charge in [0, 0.05) is 25.0 Å². The van der Waals surface area contributed by atoms with Crippen LogP contribution < -0.4 is 5.73 Å². The number of nitrogen functional groups attached to an aromatic ring is 1. The number of aromatic nitrogens is 1. The van der Waals surface area contributed by atoms with Crippen LogP contribution in [0.1, 0.15) is 23.7 Å². The number of carbonyl (C=O) groups is 1. The van der Waals surface area contributed by atoms with Crippen LogP contribution in [0, 0.1) is 5.82 Å². The maximum absolute atomic E-state index is 13.7. The first-order chi connectivity index (χ1) is 8.52. The number of anilines is 1. The smallest absolute Gasteiger partial charge is 0.257 e. The largest absolute Gasteiger partial charge is 0.381 e. The average molecular weight is 271 g/mol. The van der Waals surface area contributed by atoms with Crippen LogP contribution in [0.5, 0.6) is 0 Å². The summed E-state index contributed by atoms with van der Waals surface area (Å²) in [7, 11) is 1.68. The lowest BCUT2D eigenvalue weighted by atomic mass is 10.1. The topological polar surface area (TPSA) is 59.2 Å². The molecule has 0 saturated heterocycles. The maximum Gasteiger partial charge on any atom is 0.257 e. The predicted molar refractivity (Wildman–Crippen MR) is 73.2 cm³/mol. The fraction of sp³-hybridized carbons (Fsp3) is 0.500. The molecule has 1 aromatic rings. The Kier molecular flexibility index (Phi) is 5.40. The van der Waals surface area contributed by atoms with Gasteiger partial charge in [-0.25, -0.2) is 9.37 Å². The van der Waals surface area contributed by atoms with E-state index in [0.29, 0.717) is 0 Å². The van der Waals surface area contributed by atoms with E-state index in [9.17, 15) is 9.18 Å². The van der Waals surface area contributed by atoms with Crippen molar-refractivity contribution in [2.45, 2.75) is 19.4 Å². The molecule has 18 heavy (non-hydrogen) atoms. The molecule has 1 unspecified atom stereocenters. The van der Waals surface area contributed by atoms with E-state index in [4.69, 9.17) is 5.73 Å². The van der Waals surface area contributed by atoms with Crippen molar-refractivity contribution < 1.29 is 9.18 Å². The third-order valence-electron chi connectivity index (χ3n) is 2.84. The van der Waals surface area contributed by atoms with Gasteiger partial charge in [-0.1, -0.05) is 6.92 Å². The molecule has 0 radical (unpaired) electrons. The molecule has 0 aliphatic rings. The quantitative estimate of drug-likeness (QED) is 0.890. The minimum atomic E-state index is -0.742. The Labute approximate surface area is 111 Å². The number of amides is 1. The normalized spacial score (nSPS) is 12.2. The SMILES string of the molecule is CCC(CSC)N(C)C(=O)c1ccnc(N)c1F. The molecule has 1 amide bonds. The number of nitrogens with two attached hydrogens (primary N) is 1. The molecule has 0 aliphatic carbocycles. The van der Waals surface area contributed by atoms with Gasteiger partial charge in [0.05, 0.1) is 5.56 Å². The third-order valence-corrected chi connectivity index (χ3v) is 3.56. The minimum Gasteiger partial charge on any atom is -0.381 e. The van der Waals surface area contributed by atoms with Crippen molar-refractivity contribution in [3.8, 4) is 0 Å². The van der Waals surface area contributed by atoms with Gasteiger partial charge >= 0.3 is 0 Å². The average Bonchev–Trinajstić information content (AvgIpc) is 2.37. The van der Waals surface area contributed by atoms with Crippen molar-refractivity contribution in [2.75, 3.05) is 24.8 Å². The highest BCUT2D eigenvalue weighted by Crippen LogP contribution is 2.17. The number of hydrogen-bond donors (Lipinski definition) is 1. The van der Waals surface area contributed by atoms with E-state index in [-0.39, 0.29) is 23.3 Å². The van der Waals surface area contributed by atoms with E-state index >= 15 is 0 Å². The molecule has 0 aliphatic heterocycles. The molecule has 1 rings (SSSR count). The maximum atomic E-state index is 13.7. The van der Waals surface area contributed by atoms with Crippen LogP contribution in [-0.4, -0.2) is 40.9 Å². The van der Waals surface area contributed by atoms with Crippen LogP contribution in [-0.2, 0) is 0 Å². The Morgan fingerprint density at radius 2 is 2.33 bits per heavy atom. The van der Waals surface area contributed by atoms with E-state index in [1.807, 2.05) is 13.2 Å². The van der Waals surface area contributed by atoms with Crippen LogP contribution in [0.2, 0.25) is 0 Å². The number of thioether (sulfide) groups is 1. The van der Waals surface area contributed by atoms with Gasteiger partial charge in [0.15, 0.2) is 11.6 Å². The molecule has 1 aromatic heterocycles.